The van der Waals surface area contributed by atoms with Crippen molar-refractivity contribution < 1.29 is 0 Å². The van der Waals surface area contributed by atoms with Crippen molar-refractivity contribution in [2.24, 2.45) is 11.7 Å². The first-order valence-electron chi connectivity index (χ1n) is 6.12. The van der Waals surface area contributed by atoms with E-state index in [2.05, 4.69) is 18.9 Å². The van der Waals surface area contributed by atoms with Crippen molar-refractivity contribution in [2.45, 2.75) is 51.5 Å². The van der Waals surface area contributed by atoms with Gasteiger partial charge in [0.2, 0.25) is 0 Å². The lowest BCUT2D eigenvalue weighted by Gasteiger charge is -2.27. The van der Waals surface area contributed by atoms with Gasteiger partial charge in [-0.05, 0) is 52.2 Å². The summed E-state index contributed by atoms with van der Waals surface area (Å²) in [6.45, 7) is 4.59. The smallest absolute Gasteiger partial charge is 0.00109 e. The van der Waals surface area contributed by atoms with Gasteiger partial charge >= 0.3 is 0 Å². The Morgan fingerprint density at radius 2 is 2.07 bits per heavy atom. The Morgan fingerprint density at radius 1 is 1.36 bits per heavy atom. The predicted octanol–water partition coefficient (Wildman–Crippen LogP) is 2.24. The zero-order chi connectivity index (χ0) is 10.4. The molecule has 0 spiro atoms. The van der Waals surface area contributed by atoms with Crippen LogP contribution in [-0.4, -0.2) is 31.1 Å². The molecule has 0 bridgehead atoms. The van der Waals surface area contributed by atoms with Gasteiger partial charge in [0.1, 0.15) is 0 Å². The molecule has 1 rings (SSSR count). The van der Waals surface area contributed by atoms with Crippen LogP contribution in [0, 0.1) is 5.92 Å². The molecule has 1 atom stereocenters. The molecule has 1 unspecified atom stereocenters. The molecule has 0 aromatic carbocycles. The van der Waals surface area contributed by atoms with Crippen LogP contribution in [0.25, 0.3) is 0 Å². The van der Waals surface area contributed by atoms with E-state index in [1.54, 1.807) is 0 Å². The van der Waals surface area contributed by atoms with E-state index >= 15 is 0 Å². The SMILES string of the molecule is CC(N)CCCN(C)CCC1CCC1. The molecular weight excluding hydrogens is 172 g/mol. The second kappa shape index (κ2) is 6.41. The van der Waals surface area contributed by atoms with E-state index < -0.39 is 0 Å². The van der Waals surface area contributed by atoms with Crippen LogP contribution in [0.1, 0.15) is 45.4 Å². The Kier molecular flexibility index (Phi) is 5.49. The molecule has 2 nitrogen and oxygen atoms in total. The highest BCUT2D eigenvalue weighted by Crippen LogP contribution is 2.29. The molecule has 2 heteroatoms. The molecule has 0 aliphatic heterocycles. The lowest BCUT2D eigenvalue weighted by Crippen LogP contribution is -2.26. The van der Waals surface area contributed by atoms with Crippen LogP contribution in [0.2, 0.25) is 0 Å². The van der Waals surface area contributed by atoms with E-state index in [0.717, 1.165) is 12.3 Å². The fourth-order valence-electron chi connectivity index (χ4n) is 1.98. The monoisotopic (exact) mass is 198 g/mol. The van der Waals surface area contributed by atoms with Crippen LogP contribution in [0.15, 0.2) is 0 Å². The van der Waals surface area contributed by atoms with E-state index in [4.69, 9.17) is 5.73 Å². The topological polar surface area (TPSA) is 29.3 Å². The van der Waals surface area contributed by atoms with Gasteiger partial charge in [0, 0.05) is 6.04 Å². The van der Waals surface area contributed by atoms with Gasteiger partial charge in [-0.25, -0.2) is 0 Å². The van der Waals surface area contributed by atoms with Crippen molar-refractivity contribution in [1.82, 2.24) is 4.90 Å². The zero-order valence-electron chi connectivity index (χ0n) is 9.84. The highest BCUT2D eigenvalue weighted by Gasteiger charge is 2.17. The Bertz CT molecular complexity index is 141. The Hall–Kier alpha value is -0.0800. The molecule has 2 N–H and O–H groups in total. The molecule has 1 aliphatic carbocycles. The lowest BCUT2D eigenvalue weighted by atomic mass is 9.83. The van der Waals surface area contributed by atoms with Gasteiger partial charge in [0.05, 0.1) is 0 Å². The van der Waals surface area contributed by atoms with E-state index in [1.807, 2.05) is 0 Å². The van der Waals surface area contributed by atoms with Gasteiger partial charge in [-0.3, -0.25) is 0 Å². The van der Waals surface area contributed by atoms with Crippen molar-refractivity contribution in [2.75, 3.05) is 20.1 Å². The first-order chi connectivity index (χ1) is 6.68. The predicted molar refractivity (Wildman–Crippen MR) is 62.3 cm³/mol. The minimum atomic E-state index is 0.370. The summed E-state index contributed by atoms with van der Waals surface area (Å²) >= 11 is 0. The van der Waals surface area contributed by atoms with Crippen molar-refractivity contribution in [3.63, 3.8) is 0 Å². The number of hydrogen-bond donors (Lipinski definition) is 1. The molecule has 1 saturated carbocycles. The minimum Gasteiger partial charge on any atom is -0.328 e. The summed E-state index contributed by atoms with van der Waals surface area (Å²) in [5, 5.41) is 0. The molecule has 0 amide bonds. The third kappa shape index (κ3) is 4.97. The van der Waals surface area contributed by atoms with Crippen LogP contribution < -0.4 is 5.73 Å². The lowest BCUT2D eigenvalue weighted by molar-refractivity contribution is 0.236. The Balaban J connectivity index is 1.89. The standard InChI is InChI=1S/C12H26N2/c1-11(13)5-4-9-14(2)10-8-12-6-3-7-12/h11-12H,3-10,13H2,1-2H3. The third-order valence-electron chi connectivity index (χ3n) is 3.34. The molecule has 1 fully saturated rings. The Labute approximate surface area is 88.8 Å². The summed E-state index contributed by atoms with van der Waals surface area (Å²) in [7, 11) is 2.24. The van der Waals surface area contributed by atoms with Crippen LogP contribution in [0.3, 0.4) is 0 Å². The molecule has 0 radical (unpaired) electrons. The van der Waals surface area contributed by atoms with Crippen molar-refractivity contribution in [3.05, 3.63) is 0 Å². The summed E-state index contributed by atoms with van der Waals surface area (Å²) in [5.41, 5.74) is 5.71. The number of nitrogens with two attached hydrogens (primary N) is 1. The van der Waals surface area contributed by atoms with E-state index in [-0.39, 0.29) is 0 Å². The normalized spacial score (nSPS) is 19.7. The maximum absolute atomic E-state index is 5.71. The van der Waals surface area contributed by atoms with E-state index in [9.17, 15) is 0 Å². The highest BCUT2D eigenvalue weighted by atomic mass is 15.1. The van der Waals surface area contributed by atoms with Gasteiger partial charge in [-0.1, -0.05) is 19.3 Å². The van der Waals surface area contributed by atoms with Crippen molar-refractivity contribution in [3.8, 4) is 0 Å². The first-order valence-corrected chi connectivity index (χ1v) is 6.12. The molecule has 1 aliphatic rings. The van der Waals surface area contributed by atoms with Crippen LogP contribution in [0.5, 0.6) is 0 Å². The van der Waals surface area contributed by atoms with Gasteiger partial charge < -0.3 is 10.6 Å². The highest BCUT2D eigenvalue weighted by molar-refractivity contribution is 4.70. The third-order valence-corrected chi connectivity index (χ3v) is 3.34. The van der Waals surface area contributed by atoms with Crippen molar-refractivity contribution in [1.29, 1.82) is 0 Å². The number of rotatable bonds is 7. The second-order valence-electron chi connectivity index (χ2n) is 5.01. The largest absolute Gasteiger partial charge is 0.328 e. The summed E-state index contributed by atoms with van der Waals surface area (Å²) < 4.78 is 0. The van der Waals surface area contributed by atoms with Gasteiger partial charge in [-0.2, -0.15) is 0 Å². The average Bonchev–Trinajstić information content (AvgIpc) is 2.00. The molecule has 84 valence electrons. The summed E-state index contributed by atoms with van der Waals surface area (Å²) in [6, 6.07) is 0.370. The van der Waals surface area contributed by atoms with Crippen LogP contribution >= 0.6 is 0 Å². The van der Waals surface area contributed by atoms with Crippen LogP contribution in [0.4, 0.5) is 0 Å². The number of nitrogens with zero attached hydrogens (tertiary/aromatic N) is 1. The minimum absolute atomic E-state index is 0.370. The maximum atomic E-state index is 5.71. The molecule has 0 aromatic heterocycles. The summed E-state index contributed by atoms with van der Waals surface area (Å²) in [4.78, 5) is 2.46. The Morgan fingerprint density at radius 3 is 2.57 bits per heavy atom. The maximum Gasteiger partial charge on any atom is 0.00109 e. The molecule has 0 aromatic rings. The van der Waals surface area contributed by atoms with E-state index in [1.165, 1.54) is 45.2 Å². The van der Waals surface area contributed by atoms with Crippen molar-refractivity contribution >= 4 is 0 Å². The molecule has 0 saturated heterocycles. The van der Waals surface area contributed by atoms with Gasteiger partial charge in [0.25, 0.3) is 0 Å². The molecule has 0 heterocycles. The van der Waals surface area contributed by atoms with E-state index in [0.29, 0.717) is 6.04 Å². The second-order valence-corrected chi connectivity index (χ2v) is 5.01. The quantitative estimate of drug-likeness (QED) is 0.680. The van der Waals surface area contributed by atoms with Crippen LogP contribution in [-0.2, 0) is 0 Å². The first kappa shape index (κ1) is 12.0. The molecular formula is C12H26N2. The van der Waals surface area contributed by atoms with Gasteiger partial charge in [0.15, 0.2) is 0 Å². The molecule has 14 heavy (non-hydrogen) atoms. The zero-order valence-corrected chi connectivity index (χ0v) is 9.84. The fourth-order valence-corrected chi connectivity index (χ4v) is 1.98. The van der Waals surface area contributed by atoms with Gasteiger partial charge in [-0.15, -0.1) is 0 Å². The summed E-state index contributed by atoms with van der Waals surface area (Å²) in [5.74, 6) is 1.05. The summed E-state index contributed by atoms with van der Waals surface area (Å²) in [6.07, 6.45) is 8.25. The number of hydrogen-bond acceptors (Lipinski definition) is 2. The fraction of sp³-hybridized carbons (Fsp3) is 1.00. The average molecular weight is 198 g/mol.